The van der Waals surface area contributed by atoms with Crippen LogP contribution in [-0.4, -0.2) is 46.5 Å². The first-order valence-corrected chi connectivity index (χ1v) is 11.7. The molecule has 2 fully saturated rings. The highest BCUT2D eigenvalue weighted by Crippen LogP contribution is 2.32. The minimum Gasteiger partial charge on any atom is -0.361 e. The van der Waals surface area contributed by atoms with E-state index in [1.54, 1.807) is 6.07 Å². The van der Waals surface area contributed by atoms with Crippen LogP contribution in [0.3, 0.4) is 0 Å². The summed E-state index contributed by atoms with van der Waals surface area (Å²) in [4.78, 5) is 30.4. The van der Waals surface area contributed by atoms with Crippen molar-refractivity contribution in [2.75, 3.05) is 19.6 Å². The summed E-state index contributed by atoms with van der Waals surface area (Å²) in [6.45, 7) is 4.09. The van der Waals surface area contributed by atoms with Crippen molar-refractivity contribution >= 4 is 22.7 Å². The van der Waals surface area contributed by atoms with E-state index < -0.39 is 0 Å². The number of benzene rings is 1. The van der Waals surface area contributed by atoms with Crippen LogP contribution in [0.5, 0.6) is 0 Å². The van der Waals surface area contributed by atoms with Crippen molar-refractivity contribution in [2.24, 2.45) is 5.92 Å². The maximum atomic E-state index is 12.6. The molecule has 168 valence electrons. The molecule has 1 aromatic carbocycles. The summed E-state index contributed by atoms with van der Waals surface area (Å²) in [7, 11) is 0. The molecule has 1 aliphatic carbocycles. The number of carbonyl (C=O) groups excluding carboxylic acids is 2. The number of H-pyrrole nitrogens is 1. The highest BCUT2D eigenvalue weighted by Gasteiger charge is 2.33. The molecule has 0 unspecified atom stereocenters. The molecule has 2 N–H and O–H groups in total. The van der Waals surface area contributed by atoms with Crippen molar-refractivity contribution < 1.29 is 14.1 Å². The summed E-state index contributed by atoms with van der Waals surface area (Å²) in [6, 6.07) is 8.07. The van der Waals surface area contributed by atoms with Crippen molar-refractivity contribution in [3.63, 3.8) is 0 Å². The number of likely N-dealkylation sites (tertiary alicyclic amines) is 1. The highest BCUT2D eigenvalue weighted by atomic mass is 16.5. The lowest BCUT2D eigenvalue weighted by molar-refractivity contribution is -0.139. The summed E-state index contributed by atoms with van der Waals surface area (Å²) in [5.41, 5.74) is 4.27. The van der Waals surface area contributed by atoms with Crippen LogP contribution >= 0.6 is 0 Å². The molecule has 0 spiro atoms. The third-order valence-corrected chi connectivity index (χ3v) is 6.96. The Labute approximate surface area is 187 Å². The van der Waals surface area contributed by atoms with Crippen LogP contribution in [0.25, 0.3) is 10.9 Å². The first kappa shape index (κ1) is 20.8. The third kappa shape index (κ3) is 4.16. The number of amides is 2. The van der Waals surface area contributed by atoms with Gasteiger partial charge < -0.3 is 19.7 Å². The number of nitrogens with zero attached hydrogens (tertiary/aromatic N) is 2. The van der Waals surface area contributed by atoms with E-state index in [4.69, 9.17) is 4.52 Å². The Morgan fingerprint density at radius 1 is 1.22 bits per heavy atom. The van der Waals surface area contributed by atoms with E-state index in [1.165, 1.54) is 16.5 Å². The van der Waals surface area contributed by atoms with E-state index >= 15 is 0 Å². The smallest absolute Gasteiger partial charge is 0.289 e. The first-order valence-electron chi connectivity index (χ1n) is 11.7. The van der Waals surface area contributed by atoms with Crippen LogP contribution in [0.15, 0.2) is 35.0 Å². The second-order valence-corrected chi connectivity index (χ2v) is 9.24. The molecule has 1 atom stereocenters. The molecule has 5 rings (SSSR count). The summed E-state index contributed by atoms with van der Waals surface area (Å²) in [5, 5.41) is 8.30. The van der Waals surface area contributed by atoms with Gasteiger partial charge in [0.25, 0.3) is 5.91 Å². The molecule has 0 radical (unpaired) electrons. The van der Waals surface area contributed by atoms with Crippen LogP contribution in [-0.2, 0) is 11.2 Å². The number of aromatic nitrogens is 2. The summed E-state index contributed by atoms with van der Waals surface area (Å²) >= 11 is 0. The van der Waals surface area contributed by atoms with Crippen LogP contribution < -0.4 is 5.32 Å². The fourth-order valence-corrected chi connectivity index (χ4v) is 4.82. The van der Waals surface area contributed by atoms with Gasteiger partial charge in [-0.3, -0.25) is 9.59 Å². The number of nitrogens with one attached hydrogen (secondary N) is 2. The van der Waals surface area contributed by atoms with Gasteiger partial charge >= 0.3 is 0 Å². The summed E-state index contributed by atoms with van der Waals surface area (Å²) < 4.78 is 5.36. The number of rotatable bonds is 6. The molecule has 2 aromatic heterocycles. The van der Waals surface area contributed by atoms with E-state index in [9.17, 15) is 9.59 Å². The molecule has 1 aliphatic heterocycles. The van der Waals surface area contributed by atoms with Crippen LogP contribution in [0.4, 0.5) is 0 Å². The number of fused-ring (bicyclic) bond motifs is 1. The van der Waals surface area contributed by atoms with Gasteiger partial charge in [-0.2, -0.15) is 0 Å². The Kier molecular flexibility index (Phi) is 5.72. The Hall–Kier alpha value is -3.09. The largest absolute Gasteiger partial charge is 0.361 e. The number of hydrogen-bond acceptors (Lipinski definition) is 4. The van der Waals surface area contributed by atoms with Crippen molar-refractivity contribution in [3.05, 3.63) is 53.0 Å². The lowest BCUT2D eigenvalue weighted by Crippen LogP contribution is -2.44. The predicted octanol–water partition coefficient (Wildman–Crippen LogP) is 3.94. The van der Waals surface area contributed by atoms with E-state index in [0.717, 1.165) is 56.3 Å². The van der Waals surface area contributed by atoms with E-state index in [2.05, 4.69) is 40.6 Å². The molecule has 3 aromatic rings. The number of carbonyl (C=O) groups is 2. The fourth-order valence-electron chi connectivity index (χ4n) is 4.82. The van der Waals surface area contributed by atoms with E-state index in [0.29, 0.717) is 13.1 Å². The maximum absolute atomic E-state index is 12.6. The predicted molar refractivity (Wildman–Crippen MR) is 121 cm³/mol. The number of aromatic amines is 1. The number of hydrogen-bond donors (Lipinski definition) is 2. The van der Waals surface area contributed by atoms with Crippen LogP contribution in [0.2, 0.25) is 0 Å². The molecule has 7 nitrogen and oxygen atoms in total. The molecule has 1 saturated heterocycles. The molecular formula is C25H30N4O3. The van der Waals surface area contributed by atoms with Gasteiger partial charge in [-0.1, -0.05) is 23.2 Å². The number of aryl methyl sites for hydroxylation is 1. The topological polar surface area (TPSA) is 91.2 Å². The van der Waals surface area contributed by atoms with Crippen molar-refractivity contribution in [3.8, 4) is 0 Å². The zero-order valence-corrected chi connectivity index (χ0v) is 18.5. The molecule has 0 bridgehead atoms. The highest BCUT2D eigenvalue weighted by molar-refractivity contribution is 5.91. The van der Waals surface area contributed by atoms with Gasteiger partial charge in [0, 0.05) is 54.6 Å². The van der Waals surface area contributed by atoms with Gasteiger partial charge in [0.15, 0.2) is 0 Å². The van der Waals surface area contributed by atoms with Crippen LogP contribution in [0.1, 0.15) is 65.4 Å². The molecule has 1 saturated carbocycles. The molecule has 2 aliphatic rings. The van der Waals surface area contributed by atoms with Crippen molar-refractivity contribution in [2.45, 2.75) is 51.4 Å². The Balaban J connectivity index is 1.16. The van der Waals surface area contributed by atoms with Crippen LogP contribution in [0, 0.1) is 12.8 Å². The molecule has 2 amide bonds. The third-order valence-electron chi connectivity index (χ3n) is 6.96. The second-order valence-electron chi connectivity index (χ2n) is 9.24. The maximum Gasteiger partial charge on any atom is 0.289 e. The lowest BCUT2D eigenvalue weighted by atomic mass is 9.83. The van der Waals surface area contributed by atoms with Gasteiger partial charge in [0.2, 0.25) is 11.7 Å². The summed E-state index contributed by atoms with van der Waals surface area (Å²) in [5.74, 6) is 0.617. The average molecular weight is 435 g/mol. The zero-order chi connectivity index (χ0) is 22.1. The first-order chi connectivity index (χ1) is 15.6. The van der Waals surface area contributed by atoms with Gasteiger partial charge in [-0.15, -0.1) is 0 Å². The van der Waals surface area contributed by atoms with Crippen molar-refractivity contribution in [1.82, 2.24) is 20.4 Å². The van der Waals surface area contributed by atoms with E-state index in [1.807, 2.05) is 11.1 Å². The van der Waals surface area contributed by atoms with Crippen molar-refractivity contribution in [1.29, 1.82) is 0 Å². The minimum absolute atomic E-state index is 0.132. The monoisotopic (exact) mass is 434 g/mol. The molecule has 7 heteroatoms. The second kappa shape index (κ2) is 8.81. The van der Waals surface area contributed by atoms with E-state index in [-0.39, 0.29) is 29.4 Å². The molecule has 3 heterocycles. The Morgan fingerprint density at radius 2 is 2.09 bits per heavy atom. The molecule has 32 heavy (non-hydrogen) atoms. The number of piperidine rings is 1. The standard InChI is InChI=1S/C25H30N4O3/c1-16-7-8-21-20(12-16)18(14-27-21)9-10-26-24(30)23-13-22(28-32-23)19-6-3-11-29(15-19)25(31)17-4-2-5-17/h7-8,12-14,17,19,27H,2-6,9-11,15H2,1H3,(H,26,30)/t19-/m1/s1. The molecular weight excluding hydrogens is 404 g/mol. The minimum atomic E-state index is -0.252. The lowest BCUT2D eigenvalue weighted by Gasteiger charge is -2.36. The van der Waals surface area contributed by atoms with Gasteiger partial charge in [0.05, 0.1) is 5.69 Å². The Bertz CT molecular complexity index is 1130. The zero-order valence-electron chi connectivity index (χ0n) is 18.5. The Morgan fingerprint density at radius 3 is 2.91 bits per heavy atom. The van der Waals surface area contributed by atoms with Gasteiger partial charge in [-0.05, 0) is 56.7 Å². The average Bonchev–Trinajstić information content (AvgIpc) is 3.40. The quantitative estimate of drug-likeness (QED) is 0.615. The summed E-state index contributed by atoms with van der Waals surface area (Å²) in [6.07, 6.45) is 7.86. The fraction of sp³-hybridized carbons (Fsp3) is 0.480. The van der Waals surface area contributed by atoms with Gasteiger partial charge in [0.1, 0.15) is 0 Å². The van der Waals surface area contributed by atoms with Gasteiger partial charge in [-0.25, -0.2) is 0 Å². The normalized spacial score (nSPS) is 19.2. The SMILES string of the molecule is Cc1ccc2[nH]cc(CCNC(=O)c3cc([C@@H]4CCCN(C(=O)C5CCC5)C4)no3)c2c1.